The van der Waals surface area contributed by atoms with Gasteiger partial charge < -0.3 is 19.6 Å². The molecule has 5 nitrogen and oxygen atoms in total. The number of methoxy groups -OCH3 is 1. The fourth-order valence-corrected chi connectivity index (χ4v) is 1.83. The molecule has 1 rings (SSSR count). The molecular weight excluding hydrogens is 270 g/mol. The molecule has 0 spiro atoms. The highest BCUT2D eigenvalue weighted by Crippen LogP contribution is 2.13. The summed E-state index contributed by atoms with van der Waals surface area (Å²) in [6, 6.07) is 7.39. The maximum atomic E-state index is 11.6. The molecule has 0 aliphatic carbocycles. The van der Waals surface area contributed by atoms with Crippen LogP contribution in [0.25, 0.3) is 0 Å². The van der Waals surface area contributed by atoms with Gasteiger partial charge in [0.05, 0.1) is 6.61 Å². The van der Waals surface area contributed by atoms with E-state index in [0.717, 1.165) is 12.0 Å². The van der Waals surface area contributed by atoms with E-state index in [1.54, 1.807) is 26.2 Å². The molecule has 1 unspecified atom stereocenters. The van der Waals surface area contributed by atoms with Crippen molar-refractivity contribution in [3.8, 4) is 5.75 Å². The predicted molar refractivity (Wildman–Crippen MR) is 80.4 cm³/mol. The molecule has 0 bridgehead atoms. The highest BCUT2D eigenvalue weighted by molar-refractivity contribution is 5.77. The molecule has 0 aromatic heterocycles. The number of carbonyl (C=O) groups excluding carboxylic acids is 2. The van der Waals surface area contributed by atoms with Crippen molar-refractivity contribution < 1.29 is 19.1 Å². The average Bonchev–Trinajstić information content (AvgIpc) is 2.44. The zero-order valence-corrected chi connectivity index (χ0v) is 12.8. The van der Waals surface area contributed by atoms with Crippen molar-refractivity contribution in [2.24, 2.45) is 0 Å². The number of aryl methyl sites for hydroxylation is 1. The number of hydrogen-bond acceptors (Lipinski definition) is 4. The second-order valence-electron chi connectivity index (χ2n) is 5.06. The Morgan fingerprint density at radius 2 is 1.90 bits per heavy atom. The zero-order chi connectivity index (χ0) is 15.7. The number of ether oxygens (including phenoxy) is 2. The van der Waals surface area contributed by atoms with Gasteiger partial charge in [0.2, 0.25) is 0 Å². The number of amides is 1. The molecule has 0 saturated heterocycles. The largest absolute Gasteiger partial charge is 0.484 e. The number of Topliss-reactive ketones (excluding diaryl/α,β-unsaturated/α-hetero) is 1. The lowest BCUT2D eigenvalue weighted by molar-refractivity contribution is -0.124. The molecule has 0 radical (unpaired) electrons. The first kappa shape index (κ1) is 17.2. The number of nitrogens with one attached hydrogen (secondary N) is 1. The van der Waals surface area contributed by atoms with E-state index in [0.29, 0.717) is 18.8 Å². The molecule has 0 saturated carbocycles. The second kappa shape index (κ2) is 9.13. The Morgan fingerprint density at radius 1 is 1.24 bits per heavy atom. The minimum Gasteiger partial charge on any atom is -0.484 e. The van der Waals surface area contributed by atoms with E-state index in [-0.39, 0.29) is 24.3 Å². The van der Waals surface area contributed by atoms with Crippen LogP contribution in [0.1, 0.15) is 25.8 Å². The van der Waals surface area contributed by atoms with Gasteiger partial charge in [-0.05, 0) is 38.0 Å². The van der Waals surface area contributed by atoms with Crippen LogP contribution in [0, 0.1) is 0 Å². The number of rotatable bonds is 9. The Bertz CT molecular complexity index is 456. The van der Waals surface area contributed by atoms with E-state index < -0.39 is 0 Å². The lowest BCUT2D eigenvalue weighted by Gasteiger charge is -2.13. The number of hydrogen-bond donors (Lipinski definition) is 1. The minimum absolute atomic E-state index is 0.0269. The first-order valence-corrected chi connectivity index (χ1v) is 7.00. The Balaban J connectivity index is 2.35. The molecule has 116 valence electrons. The molecule has 1 N–H and O–H groups in total. The Morgan fingerprint density at radius 3 is 2.48 bits per heavy atom. The molecule has 1 aromatic rings. The topological polar surface area (TPSA) is 64.6 Å². The molecule has 0 aliphatic heterocycles. The van der Waals surface area contributed by atoms with Gasteiger partial charge in [-0.2, -0.15) is 0 Å². The van der Waals surface area contributed by atoms with Crippen LogP contribution >= 0.6 is 0 Å². The average molecular weight is 293 g/mol. The lowest BCUT2D eigenvalue weighted by Crippen LogP contribution is -2.38. The summed E-state index contributed by atoms with van der Waals surface area (Å²) in [6.07, 6.45) is 1.27. The molecule has 0 aliphatic rings. The van der Waals surface area contributed by atoms with Crippen LogP contribution in [-0.2, 0) is 20.7 Å². The molecule has 5 heteroatoms. The van der Waals surface area contributed by atoms with Crippen molar-refractivity contribution in [1.29, 1.82) is 0 Å². The summed E-state index contributed by atoms with van der Waals surface area (Å²) in [6.45, 7) is 3.89. The molecule has 1 atom stereocenters. The Labute approximate surface area is 125 Å². The molecular formula is C16H23NO4. The van der Waals surface area contributed by atoms with Gasteiger partial charge in [0.15, 0.2) is 6.61 Å². The quantitative estimate of drug-likeness (QED) is 0.753. The van der Waals surface area contributed by atoms with Crippen LogP contribution in [0.3, 0.4) is 0 Å². The van der Waals surface area contributed by atoms with Gasteiger partial charge in [-0.25, -0.2) is 0 Å². The third-order valence-corrected chi connectivity index (χ3v) is 2.88. The van der Waals surface area contributed by atoms with Crippen LogP contribution in [0.15, 0.2) is 24.3 Å². The van der Waals surface area contributed by atoms with Gasteiger partial charge in [0.25, 0.3) is 5.91 Å². The lowest BCUT2D eigenvalue weighted by atomic mass is 10.1. The maximum absolute atomic E-state index is 11.6. The molecule has 0 fully saturated rings. The fraction of sp³-hybridized carbons (Fsp3) is 0.500. The van der Waals surface area contributed by atoms with Gasteiger partial charge in [-0.1, -0.05) is 12.1 Å². The van der Waals surface area contributed by atoms with Crippen molar-refractivity contribution in [2.45, 2.75) is 32.7 Å². The maximum Gasteiger partial charge on any atom is 0.258 e. The van der Waals surface area contributed by atoms with Crippen LogP contribution in [0.2, 0.25) is 0 Å². The monoisotopic (exact) mass is 293 g/mol. The first-order chi connectivity index (χ1) is 10.0. The standard InChI is InChI=1S/C16H23NO4/c1-12(10-20-3)17-16(19)11-21-15-8-6-14(7-9-15)5-4-13(2)18/h6-9,12H,4-5,10-11H2,1-3H3,(H,17,19). The fourth-order valence-electron chi connectivity index (χ4n) is 1.83. The van der Waals surface area contributed by atoms with Crippen LogP contribution < -0.4 is 10.1 Å². The third kappa shape index (κ3) is 7.46. The number of carbonyl (C=O) groups is 2. The van der Waals surface area contributed by atoms with E-state index in [4.69, 9.17) is 9.47 Å². The minimum atomic E-state index is -0.180. The molecule has 0 heterocycles. The first-order valence-electron chi connectivity index (χ1n) is 7.00. The van der Waals surface area contributed by atoms with E-state index >= 15 is 0 Å². The van der Waals surface area contributed by atoms with Gasteiger partial charge >= 0.3 is 0 Å². The second-order valence-corrected chi connectivity index (χ2v) is 5.06. The summed E-state index contributed by atoms with van der Waals surface area (Å²) >= 11 is 0. The van der Waals surface area contributed by atoms with E-state index in [1.165, 1.54) is 0 Å². The number of benzene rings is 1. The van der Waals surface area contributed by atoms with E-state index in [9.17, 15) is 9.59 Å². The van der Waals surface area contributed by atoms with Crippen molar-refractivity contribution in [3.05, 3.63) is 29.8 Å². The zero-order valence-electron chi connectivity index (χ0n) is 12.8. The van der Waals surface area contributed by atoms with Crippen LogP contribution in [0.4, 0.5) is 0 Å². The molecule has 1 aromatic carbocycles. The SMILES string of the molecule is COCC(C)NC(=O)COc1ccc(CCC(C)=O)cc1. The predicted octanol–water partition coefficient (Wildman–Crippen LogP) is 1.74. The van der Waals surface area contributed by atoms with Crippen molar-refractivity contribution in [1.82, 2.24) is 5.32 Å². The summed E-state index contributed by atoms with van der Waals surface area (Å²) in [5.74, 6) is 0.633. The molecule has 21 heavy (non-hydrogen) atoms. The summed E-state index contributed by atoms with van der Waals surface area (Å²) in [7, 11) is 1.59. The summed E-state index contributed by atoms with van der Waals surface area (Å²) in [5, 5.41) is 2.77. The van der Waals surface area contributed by atoms with Gasteiger partial charge in [0, 0.05) is 19.6 Å². The van der Waals surface area contributed by atoms with Crippen LogP contribution in [-0.4, -0.2) is 38.1 Å². The summed E-state index contributed by atoms with van der Waals surface area (Å²) < 4.78 is 10.3. The van der Waals surface area contributed by atoms with Crippen molar-refractivity contribution >= 4 is 11.7 Å². The van der Waals surface area contributed by atoms with Crippen LogP contribution in [0.5, 0.6) is 5.75 Å². The Hall–Kier alpha value is -1.88. The van der Waals surface area contributed by atoms with Crippen molar-refractivity contribution in [3.63, 3.8) is 0 Å². The normalized spacial score (nSPS) is 11.8. The summed E-state index contributed by atoms with van der Waals surface area (Å²) in [4.78, 5) is 22.5. The Kier molecular flexibility index (Phi) is 7.46. The summed E-state index contributed by atoms with van der Waals surface area (Å²) in [5.41, 5.74) is 1.08. The van der Waals surface area contributed by atoms with Gasteiger partial charge in [-0.15, -0.1) is 0 Å². The third-order valence-electron chi connectivity index (χ3n) is 2.88. The molecule has 1 amide bonds. The highest BCUT2D eigenvalue weighted by Gasteiger charge is 2.07. The van der Waals surface area contributed by atoms with E-state index in [2.05, 4.69) is 5.32 Å². The highest BCUT2D eigenvalue weighted by atomic mass is 16.5. The van der Waals surface area contributed by atoms with Crippen molar-refractivity contribution in [2.75, 3.05) is 20.3 Å². The van der Waals surface area contributed by atoms with Gasteiger partial charge in [0.1, 0.15) is 11.5 Å². The smallest absolute Gasteiger partial charge is 0.258 e. The number of ketones is 1. The van der Waals surface area contributed by atoms with E-state index in [1.807, 2.05) is 19.1 Å². The van der Waals surface area contributed by atoms with Gasteiger partial charge in [-0.3, -0.25) is 4.79 Å².